The highest BCUT2D eigenvalue weighted by Gasteiger charge is 2.22. The quantitative estimate of drug-likeness (QED) is 0.0599. The molecule has 1 N–H and O–H groups in total. The van der Waals surface area contributed by atoms with E-state index in [1.165, 1.54) is 0 Å². The van der Waals surface area contributed by atoms with Crippen LogP contribution in [0.2, 0.25) is 0 Å². The number of hydrogen-bond donors (Lipinski definition) is 1. The smallest absolute Gasteiger partial charge is 0.483 e. The van der Waals surface area contributed by atoms with Crippen molar-refractivity contribution in [1.29, 1.82) is 0 Å². The Morgan fingerprint density at radius 1 is 0.940 bits per heavy atom. The molecule has 0 fully saturated rings. The maximum Gasteiger partial charge on any atom is 0.510 e. The third-order valence-corrected chi connectivity index (χ3v) is 7.77. The lowest BCUT2D eigenvalue weighted by atomic mass is 9.97. The number of hydrogen-bond acceptors (Lipinski definition) is 11. The molecule has 4 rings (SSSR count). The lowest BCUT2D eigenvalue weighted by molar-refractivity contribution is -0.763. The van der Waals surface area contributed by atoms with Crippen molar-refractivity contribution in [3.63, 3.8) is 0 Å². The van der Waals surface area contributed by atoms with E-state index in [4.69, 9.17) is 19.4 Å². The fraction of sp³-hybridized carbons (Fsp3) is 0.371. The van der Waals surface area contributed by atoms with Gasteiger partial charge in [-0.25, -0.2) is 4.79 Å². The largest absolute Gasteiger partial charge is 0.510 e. The number of carbonyl (C=O) groups is 3. The van der Waals surface area contributed by atoms with Crippen LogP contribution in [0.15, 0.2) is 72.8 Å². The van der Waals surface area contributed by atoms with Crippen molar-refractivity contribution in [3.8, 4) is 22.5 Å². The van der Waals surface area contributed by atoms with Crippen molar-refractivity contribution in [2.24, 2.45) is 5.92 Å². The van der Waals surface area contributed by atoms with Crippen molar-refractivity contribution in [2.75, 3.05) is 0 Å². The van der Waals surface area contributed by atoms with Crippen molar-refractivity contribution in [3.05, 3.63) is 99.6 Å². The molecule has 1 heterocycles. The second-order valence-corrected chi connectivity index (χ2v) is 11.6. The first-order valence-corrected chi connectivity index (χ1v) is 16.0. The molecule has 15 nitrogen and oxygen atoms in total. The Bertz CT molecular complexity index is 1680. The van der Waals surface area contributed by atoms with Gasteiger partial charge in [-0.1, -0.05) is 100.0 Å². The van der Waals surface area contributed by atoms with E-state index < -0.39 is 11.2 Å². The van der Waals surface area contributed by atoms with E-state index in [1.807, 2.05) is 53.4 Å². The topological polar surface area (TPSA) is 189 Å². The van der Waals surface area contributed by atoms with Gasteiger partial charge in [-0.2, -0.15) is 0 Å². The zero-order valence-corrected chi connectivity index (χ0v) is 28.5. The molecule has 50 heavy (non-hydrogen) atoms. The Morgan fingerprint density at radius 2 is 1.54 bits per heavy atom. The molecule has 0 aliphatic heterocycles. The van der Waals surface area contributed by atoms with Crippen LogP contribution < -0.4 is 0 Å². The molecule has 0 saturated heterocycles. The zero-order chi connectivity index (χ0) is 36.5. The van der Waals surface area contributed by atoms with Crippen LogP contribution in [-0.4, -0.2) is 59.9 Å². The number of benzene rings is 3. The summed E-state index contributed by atoms with van der Waals surface area (Å²) in [6.45, 7) is 8.25. The lowest BCUT2D eigenvalue weighted by Crippen LogP contribution is -2.40. The van der Waals surface area contributed by atoms with Gasteiger partial charge in [-0.15, -0.1) is 25.1 Å². The molecule has 0 aliphatic rings. The third-order valence-electron chi connectivity index (χ3n) is 7.77. The van der Waals surface area contributed by atoms with Crippen LogP contribution in [0.3, 0.4) is 0 Å². The summed E-state index contributed by atoms with van der Waals surface area (Å²) in [6.07, 6.45) is 1.51. The number of nitrogens with zero attached hydrogens (tertiary/aromatic N) is 6. The standard InChI is InChI=1S/C34H40N6O7.CH2O2/c1-5-6-11-32(41)38(25(4)24(2)3)20-26-16-18-29(19-17-26)30-9-7-8-10-31(30)33-35-37-39(36-33)23-46-34(42)45-21-27-12-14-28(15-13-27)22-47-40(43)44;2-1-3/h7-10,12-19,24-25H,5-6,11,20-23H2,1-4H3;1H,(H,2,3). The Hall–Kier alpha value is -5.86. The van der Waals surface area contributed by atoms with Crippen LogP contribution in [-0.2, 0) is 50.4 Å². The number of tetrazole rings is 1. The summed E-state index contributed by atoms with van der Waals surface area (Å²) in [6, 6.07) is 22.6. The summed E-state index contributed by atoms with van der Waals surface area (Å²) in [4.78, 5) is 51.3. The van der Waals surface area contributed by atoms with Gasteiger partial charge in [0.15, 0.2) is 0 Å². The predicted molar refractivity (Wildman–Crippen MR) is 181 cm³/mol. The number of unbranched alkanes of at least 4 members (excludes halogenated alkanes) is 1. The average Bonchev–Trinajstić information content (AvgIpc) is 3.60. The van der Waals surface area contributed by atoms with Crippen LogP contribution in [0.5, 0.6) is 0 Å². The highest BCUT2D eigenvalue weighted by Crippen LogP contribution is 2.30. The molecule has 1 amide bonds. The minimum absolute atomic E-state index is 0.0542. The monoisotopic (exact) mass is 690 g/mol. The Morgan fingerprint density at radius 3 is 2.14 bits per heavy atom. The minimum atomic E-state index is -0.918. The highest BCUT2D eigenvalue weighted by atomic mass is 16.9. The van der Waals surface area contributed by atoms with Gasteiger partial charge in [0.25, 0.3) is 11.6 Å². The van der Waals surface area contributed by atoms with E-state index in [9.17, 15) is 19.7 Å². The summed E-state index contributed by atoms with van der Waals surface area (Å²) in [5.41, 5.74) is 4.94. The SMILES string of the molecule is CCCCC(=O)N(Cc1ccc(-c2ccccc2-c2nnn(COC(=O)OCc3ccc(CO[N+](=O)[O-])cc3)n2)cc1)C(C)C(C)C.O=CO. The van der Waals surface area contributed by atoms with Crippen LogP contribution in [0.25, 0.3) is 22.5 Å². The van der Waals surface area contributed by atoms with E-state index in [-0.39, 0.29) is 38.4 Å². The van der Waals surface area contributed by atoms with Crippen LogP contribution >= 0.6 is 0 Å². The summed E-state index contributed by atoms with van der Waals surface area (Å²) >= 11 is 0. The van der Waals surface area contributed by atoms with E-state index in [1.54, 1.807) is 24.3 Å². The number of amides is 1. The molecular formula is C35H42N6O9. The summed E-state index contributed by atoms with van der Waals surface area (Å²) < 4.78 is 10.3. The molecule has 15 heteroatoms. The van der Waals surface area contributed by atoms with Crippen molar-refractivity contribution in [1.82, 2.24) is 25.1 Å². The molecule has 4 aromatic rings. The van der Waals surface area contributed by atoms with Crippen LogP contribution in [0.1, 0.15) is 63.6 Å². The van der Waals surface area contributed by atoms with E-state index in [0.717, 1.165) is 39.9 Å². The first-order valence-electron chi connectivity index (χ1n) is 16.0. The average molecular weight is 691 g/mol. The number of ether oxygens (including phenoxy) is 2. The molecular weight excluding hydrogens is 648 g/mol. The third kappa shape index (κ3) is 12.0. The molecule has 1 atom stereocenters. The van der Waals surface area contributed by atoms with Crippen molar-refractivity contribution >= 4 is 18.5 Å². The lowest BCUT2D eigenvalue weighted by Gasteiger charge is -2.32. The van der Waals surface area contributed by atoms with Gasteiger partial charge in [0.2, 0.25) is 18.5 Å². The van der Waals surface area contributed by atoms with Gasteiger partial charge in [-0.05, 0) is 52.3 Å². The fourth-order valence-corrected chi connectivity index (χ4v) is 4.77. The Kier molecular flexibility index (Phi) is 15.3. The summed E-state index contributed by atoms with van der Waals surface area (Å²) in [5.74, 6) is 0.893. The van der Waals surface area contributed by atoms with Crippen molar-refractivity contribution < 1.29 is 38.9 Å². The molecule has 0 radical (unpaired) electrons. The van der Waals surface area contributed by atoms with Crippen LogP contribution in [0.4, 0.5) is 4.79 Å². The Balaban J connectivity index is 0.00000217. The molecule has 1 aromatic heterocycles. The fourth-order valence-electron chi connectivity index (χ4n) is 4.77. The van der Waals surface area contributed by atoms with Gasteiger partial charge in [0.05, 0.1) is 0 Å². The first-order chi connectivity index (χ1) is 24.1. The van der Waals surface area contributed by atoms with Gasteiger partial charge in [0, 0.05) is 24.6 Å². The molecule has 3 aromatic carbocycles. The first kappa shape index (κ1) is 38.6. The molecule has 0 aliphatic carbocycles. The normalized spacial score (nSPS) is 11.1. The van der Waals surface area contributed by atoms with Crippen LogP contribution in [0, 0.1) is 16.0 Å². The van der Waals surface area contributed by atoms with Crippen molar-refractivity contribution in [2.45, 2.75) is 79.5 Å². The molecule has 1 unspecified atom stereocenters. The number of carboxylic acid groups (broad SMARTS) is 1. The predicted octanol–water partition coefficient (Wildman–Crippen LogP) is 6.29. The maximum absolute atomic E-state index is 13.0. The van der Waals surface area contributed by atoms with Gasteiger partial charge < -0.3 is 24.3 Å². The number of carbonyl (C=O) groups excluding carboxylic acids is 2. The zero-order valence-electron chi connectivity index (χ0n) is 28.5. The Labute approximate surface area is 289 Å². The molecule has 0 saturated carbocycles. The molecule has 266 valence electrons. The van der Waals surface area contributed by atoms with Gasteiger partial charge in [-0.3, -0.25) is 9.59 Å². The van der Waals surface area contributed by atoms with E-state index in [2.05, 4.69) is 47.9 Å². The number of aromatic nitrogens is 4. The van der Waals surface area contributed by atoms with E-state index >= 15 is 0 Å². The molecule has 0 spiro atoms. The number of rotatable bonds is 16. The maximum atomic E-state index is 13.0. The summed E-state index contributed by atoms with van der Waals surface area (Å²) in [7, 11) is 0. The highest BCUT2D eigenvalue weighted by molar-refractivity contribution is 5.80. The molecule has 0 bridgehead atoms. The van der Waals surface area contributed by atoms with Gasteiger partial charge >= 0.3 is 6.16 Å². The summed E-state index contributed by atoms with van der Waals surface area (Å²) in [5, 5.41) is 28.9. The second kappa shape index (κ2) is 19.8. The minimum Gasteiger partial charge on any atom is -0.483 e. The second-order valence-electron chi connectivity index (χ2n) is 11.6. The van der Waals surface area contributed by atoms with E-state index in [0.29, 0.717) is 35.8 Å². The van der Waals surface area contributed by atoms with Gasteiger partial charge in [0.1, 0.15) is 13.2 Å².